The van der Waals surface area contributed by atoms with Crippen molar-refractivity contribution in [3.63, 3.8) is 0 Å². The van der Waals surface area contributed by atoms with Crippen LogP contribution in [0.5, 0.6) is 0 Å². The van der Waals surface area contributed by atoms with Crippen LogP contribution in [0.25, 0.3) is 0 Å². The predicted molar refractivity (Wildman–Crippen MR) is 86.8 cm³/mol. The van der Waals surface area contributed by atoms with Crippen LogP contribution in [0.2, 0.25) is 0 Å². The number of likely N-dealkylation sites (N-methyl/N-ethyl adjacent to an activating group) is 1. The number of nitrogens with zero attached hydrogens (tertiary/aromatic N) is 2. The van der Waals surface area contributed by atoms with E-state index in [1.807, 2.05) is 13.8 Å². The molecular weight excluding hydrogens is 318 g/mol. The zero-order valence-corrected chi connectivity index (χ0v) is 14.4. The molecule has 0 radical (unpaired) electrons. The van der Waals surface area contributed by atoms with Crippen LogP contribution in [0.1, 0.15) is 24.3 Å². The molecule has 2 rings (SSSR count). The molecule has 0 unspecified atom stereocenters. The summed E-state index contributed by atoms with van der Waals surface area (Å²) >= 11 is 0. The van der Waals surface area contributed by atoms with Crippen LogP contribution in [-0.2, 0) is 14.8 Å². The van der Waals surface area contributed by atoms with Crippen LogP contribution >= 0.6 is 0 Å². The molecule has 1 aliphatic heterocycles. The number of carbonyl (C=O) groups excluding carboxylic acids is 1. The summed E-state index contributed by atoms with van der Waals surface area (Å²) in [4.78, 5) is 17.0. The van der Waals surface area contributed by atoms with Crippen molar-refractivity contribution in [3.8, 4) is 0 Å². The number of ether oxygens (including phenoxy) is 1. The third-order valence-corrected chi connectivity index (χ3v) is 5.50. The number of rotatable bonds is 6. The maximum atomic E-state index is 12.6. The fraction of sp³-hybridized carbons (Fsp3) is 0.533. The van der Waals surface area contributed by atoms with E-state index in [-0.39, 0.29) is 16.5 Å². The van der Waals surface area contributed by atoms with Crippen LogP contribution in [0, 0.1) is 0 Å². The number of carbonyl (C=O) groups is 1. The SMILES string of the molecule is C=C(C)CN(CC)C(=O)c1cc(S(=O)(=O)N2CCOCC2)c[nH]1. The second-order valence-corrected chi connectivity index (χ2v) is 7.48. The van der Waals surface area contributed by atoms with E-state index in [1.54, 1.807) is 4.90 Å². The zero-order valence-electron chi connectivity index (χ0n) is 13.5. The van der Waals surface area contributed by atoms with Gasteiger partial charge in [-0.15, -0.1) is 0 Å². The first kappa shape index (κ1) is 17.7. The van der Waals surface area contributed by atoms with Crippen molar-refractivity contribution in [3.05, 3.63) is 30.1 Å². The molecule has 0 spiro atoms. The molecule has 0 atom stereocenters. The predicted octanol–water partition coefficient (Wildman–Crippen LogP) is 1.07. The molecule has 23 heavy (non-hydrogen) atoms. The lowest BCUT2D eigenvalue weighted by atomic mass is 10.3. The van der Waals surface area contributed by atoms with Gasteiger partial charge < -0.3 is 14.6 Å². The summed E-state index contributed by atoms with van der Waals surface area (Å²) in [5.74, 6) is -0.237. The molecule has 128 valence electrons. The number of H-pyrrole nitrogens is 1. The minimum Gasteiger partial charge on any atom is -0.379 e. The number of aromatic nitrogens is 1. The first-order valence-corrected chi connectivity index (χ1v) is 9.00. The standard InChI is InChI=1S/C15H23N3O4S/c1-4-17(11-12(2)3)15(19)14-9-13(10-16-14)23(20,21)18-5-7-22-8-6-18/h9-10,16H,2,4-8,11H2,1,3H3. The Balaban J connectivity index is 2.19. The number of sulfonamides is 1. The quantitative estimate of drug-likeness (QED) is 0.785. The maximum Gasteiger partial charge on any atom is 0.270 e. The largest absolute Gasteiger partial charge is 0.379 e. The number of aromatic amines is 1. The Morgan fingerprint density at radius 2 is 2.09 bits per heavy atom. The molecule has 1 aromatic heterocycles. The summed E-state index contributed by atoms with van der Waals surface area (Å²) in [6.07, 6.45) is 1.37. The summed E-state index contributed by atoms with van der Waals surface area (Å²) < 4.78 is 31.7. The Bertz CT molecular complexity index is 675. The van der Waals surface area contributed by atoms with Gasteiger partial charge in [-0.2, -0.15) is 4.31 Å². The van der Waals surface area contributed by atoms with Crippen LogP contribution in [0.15, 0.2) is 29.3 Å². The number of hydrogen-bond donors (Lipinski definition) is 1. The first-order chi connectivity index (χ1) is 10.9. The molecule has 1 amide bonds. The minimum absolute atomic E-state index is 0.106. The molecule has 1 N–H and O–H groups in total. The van der Waals surface area contributed by atoms with Gasteiger partial charge in [0.15, 0.2) is 0 Å². The van der Waals surface area contributed by atoms with Crippen LogP contribution in [0.4, 0.5) is 0 Å². The molecule has 0 bridgehead atoms. The molecule has 2 heterocycles. The van der Waals surface area contributed by atoms with E-state index >= 15 is 0 Å². The summed E-state index contributed by atoms with van der Waals surface area (Å²) in [7, 11) is -3.60. The number of nitrogens with one attached hydrogen (secondary N) is 1. The Morgan fingerprint density at radius 1 is 1.43 bits per heavy atom. The van der Waals surface area contributed by atoms with Crippen molar-refractivity contribution in [2.75, 3.05) is 39.4 Å². The van der Waals surface area contributed by atoms with Crippen LogP contribution < -0.4 is 0 Å². The van der Waals surface area contributed by atoms with E-state index in [0.717, 1.165) is 5.57 Å². The highest BCUT2D eigenvalue weighted by atomic mass is 32.2. The molecule has 0 saturated carbocycles. The van der Waals surface area contributed by atoms with Gasteiger partial charge in [0.2, 0.25) is 10.0 Å². The normalized spacial score (nSPS) is 16.3. The van der Waals surface area contributed by atoms with E-state index in [1.165, 1.54) is 16.6 Å². The van der Waals surface area contributed by atoms with Gasteiger partial charge in [-0.1, -0.05) is 12.2 Å². The molecular formula is C15H23N3O4S. The highest BCUT2D eigenvalue weighted by molar-refractivity contribution is 7.89. The van der Waals surface area contributed by atoms with Crippen molar-refractivity contribution in [2.45, 2.75) is 18.7 Å². The van der Waals surface area contributed by atoms with Gasteiger partial charge in [0.25, 0.3) is 5.91 Å². The lowest BCUT2D eigenvalue weighted by molar-refractivity contribution is 0.0730. The van der Waals surface area contributed by atoms with Crippen molar-refractivity contribution in [2.24, 2.45) is 0 Å². The topological polar surface area (TPSA) is 82.7 Å². The number of morpholine rings is 1. The summed E-state index contributed by atoms with van der Waals surface area (Å²) in [6, 6.07) is 1.40. The van der Waals surface area contributed by atoms with Crippen LogP contribution in [-0.4, -0.2) is 67.9 Å². The average molecular weight is 341 g/mol. The van der Waals surface area contributed by atoms with E-state index in [4.69, 9.17) is 4.74 Å². The van der Waals surface area contributed by atoms with E-state index in [9.17, 15) is 13.2 Å². The monoisotopic (exact) mass is 341 g/mol. The second kappa shape index (κ2) is 7.29. The van der Waals surface area contributed by atoms with Gasteiger partial charge >= 0.3 is 0 Å². The van der Waals surface area contributed by atoms with Crippen molar-refractivity contribution in [1.82, 2.24) is 14.2 Å². The molecule has 1 saturated heterocycles. The zero-order chi connectivity index (χ0) is 17.0. The second-order valence-electron chi connectivity index (χ2n) is 5.54. The molecule has 1 fully saturated rings. The lowest BCUT2D eigenvalue weighted by Gasteiger charge is -2.25. The fourth-order valence-corrected chi connectivity index (χ4v) is 3.81. The lowest BCUT2D eigenvalue weighted by Crippen LogP contribution is -2.40. The molecule has 7 nitrogen and oxygen atoms in total. The maximum absolute atomic E-state index is 12.6. The Kier molecular flexibility index (Phi) is 5.61. The van der Waals surface area contributed by atoms with Crippen molar-refractivity contribution >= 4 is 15.9 Å². The minimum atomic E-state index is -3.60. The third kappa shape index (κ3) is 4.01. The van der Waals surface area contributed by atoms with Gasteiger partial charge in [0, 0.05) is 32.4 Å². The van der Waals surface area contributed by atoms with Gasteiger partial charge in [-0.05, 0) is 19.9 Å². The first-order valence-electron chi connectivity index (χ1n) is 7.56. The Morgan fingerprint density at radius 3 is 2.65 bits per heavy atom. The van der Waals surface area contributed by atoms with Gasteiger partial charge in [-0.3, -0.25) is 4.79 Å². The Hall–Kier alpha value is -1.64. The molecule has 0 aliphatic carbocycles. The van der Waals surface area contributed by atoms with Gasteiger partial charge in [0.05, 0.1) is 13.2 Å². The van der Waals surface area contributed by atoms with E-state index in [0.29, 0.717) is 39.4 Å². The van der Waals surface area contributed by atoms with Crippen molar-refractivity contribution < 1.29 is 17.9 Å². The van der Waals surface area contributed by atoms with Crippen LogP contribution in [0.3, 0.4) is 0 Å². The molecule has 0 aromatic carbocycles. The van der Waals surface area contributed by atoms with E-state index < -0.39 is 10.0 Å². The Labute approximate surface area is 137 Å². The van der Waals surface area contributed by atoms with Crippen molar-refractivity contribution in [1.29, 1.82) is 0 Å². The third-order valence-electron chi connectivity index (χ3n) is 3.62. The number of hydrogen-bond acceptors (Lipinski definition) is 4. The highest BCUT2D eigenvalue weighted by Crippen LogP contribution is 2.19. The number of amides is 1. The molecule has 1 aliphatic rings. The molecule has 1 aromatic rings. The smallest absolute Gasteiger partial charge is 0.270 e. The highest BCUT2D eigenvalue weighted by Gasteiger charge is 2.28. The van der Waals surface area contributed by atoms with Gasteiger partial charge in [-0.25, -0.2) is 8.42 Å². The molecule has 8 heteroatoms. The van der Waals surface area contributed by atoms with Gasteiger partial charge in [0.1, 0.15) is 10.6 Å². The average Bonchev–Trinajstić information content (AvgIpc) is 3.03. The summed E-state index contributed by atoms with van der Waals surface area (Å²) in [5.41, 5.74) is 1.13. The van der Waals surface area contributed by atoms with E-state index in [2.05, 4.69) is 11.6 Å². The summed E-state index contributed by atoms with van der Waals surface area (Å²) in [5, 5.41) is 0. The fourth-order valence-electron chi connectivity index (χ4n) is 2.41. The summed E-state index contributed by atoms with van der Waals surface area (Å²) in [6.45, 7) is 9.92.